The van der Waals surface area contributed by atoms with E-state index >= 15 is 0 Å². The number of nitrogens with zero attached hydrogens (tertiary/aromatic N) is 2. The summed E-state index contributed by atoms with van der Waals surface area (Å²) in [7, 11) is 0. The highest BCUT2D eigenvalue weighted by Crippen LogP contribution is 2.25. The van der Waals surface area contributed by atoms with Gasteiger partial charge in [-0.15, -0.1) is 0 Å². The fraction of sp³-hybridized carbons (Fsp3) is 0.722. The third-order valence-electron chi connectivity index (χ3n) is 5.14. The minimum absolute atomic E-state index is 0.431. The number of amides is 1. The molecule has 1 fully saturated rings. The van der Waals surface area contributed by atoms with Gasteiger partial charge in [0.05, 0.1) is 11.3 Å². The van der Waals surface area contributed by atoms with Gasteiger partial charge in [0, 0.05) is 12.2 Å². The molecule has 2 rings (SSSR count). The van der Waals surface area contributed by atoms with Crippen molar-refractivity contribution in [2.75, 3.05) is 5.32 Å². The highest BCUT2D eigenvalue weighted by molar-refractivity contribution is 5.93. The number of rotatable bonds is 6. The lowest BCUT2D eigenvalue weighted by molar-refractivity contribution is 0.0998. The first kappa shape index (κ1) is 17.7. The Morgan fingerprint density at radius 3 is 2.52 bits per heavy atom. The summed E-state index contributed by atoms with van der Waals surface area (Å²) in [6.07, 6.45) is 7.11. The van der Waals surface area contributed by atoms with Crippen LogP contribution in [-0.2, 0) is 6.42 Å². The second-order valence-corrected chi connectivity index (χ2v) is 7.44. The zero-order valence-corrected chi connectivity index (χ0v) is 14.8. The van der Waals surface area contributed by atoms with Gasteiger partial charge in [0.15, 0.2) is 0 Å². The van der Waals surface area contributed by atoms with E-state index in [9.17, 15) is 4.79 Å². The Balaban J connectivity index is 2.13. The van der Waals surface area contributed by atoms with Gasteiger partial charge in [-0.2, -0.15) is 0 Å². The summed E-state index contributed by atoms with van der Waals surface area (Å²) in [5.74, 6) is 1.96. The Hall–Kier alpha value is -1.65. The number of aromatic nitrogens is 2. The van der Waals surface area contributed by atoms with Crippen LogP contribution in [0.3, 0.4) is 0 Å². The van der Waals surface area contributed by atoms with Crippen molar-refractivity contribution in [1.82, 2.24) is 9.97 Å². The van der Waals surface area contributed by atoms with Crippen molar-refractivity contribution < 1.29 is 4.79 Å². The third kappa shape index (κ3) is 4.91. The van der Waals surface area contributed by atoms with Crippen LogP contribution in [0.1, 0.15) is 69.4 Å². The average Bonchev–Trinajstić information content (AvgIpc) is 2.49. The molecule has 0 bridgehead atoms. The van der Waals surface area contributed by atoms with E-state index in [-0.39, 0.29) is 0 Å². The van der Waals surface area contributed by atoms with Crippen LogP contribution in [0, 0.1) is 17.8 Å². The van der Waals surface area contributed by atoms with Crippen molar-refractivity contribution in [2.24, 2.45) is 23.5 Å². The number of carbonyl (C=O) groups is 1. The Kier molecular flexibility index (Phi) is 5.97. The molecule has 0 radical (unpaired) electrons. The van der Waals surface area contributed by atoms with Crippen LogP contribution in [0.2, 0.25) is 0 Å². The molecule has 1 atom stereocenters. The third-order valence-corrected chi connectivity index (χ3v) is 5.14. The van der Waals surface area contributed by atoms with Crippen LogP contribution in [0.15, 0.2) is 6.20 Å². The van der Waals surface area contributed by atoms with E-state index < -0.39 is 5.91 Å². The van der Waals surface area contributed by atoms with Gasteiger partial charge in [-0.25, -0.2) is 9.97 Å². The van der Waals surface area contributed by atoms with Crippen molar-refractivity contribution in [3.63, 3.8) is 0 Å². The highest BCUT2D eigenvalue weighted by Gasteiger charge is 2.21. The zero-order valence-electron chi connectivity index (χ0n) is 14.8. The molecular formula is C18H30N4O. The van der Waals surface area contributed by atoms with Crippen LogP contribution in [0.5, 0.6) is 0 Å². The number of carbonyl (C=O) groups excluding carboxylic acids is 1. The number of primary amides is 1. The normalized spacial score (nSPS) is 22.8. The molecule has 23 heavy (non-hydrogen) atoms. The summed E-state index contributed by atoms with van der Waals surface area (Å²) < 4.78 is 0. The number of hydrogen-bond acceptors (Lipinski definition) is 4. The van der Waals surface area contributed by atoms with Gasteiger partial charge in [0.25, 0.3) is 5.91 Å². The second-order valence-electron chi connectivity index (χ2n) is 7.44. The van der Waals surface area contributed by atoms with Crippen LogP contribution in [0.25, 0.3) is 0 Å². The Labute approximate surface area is 139 Å². The molecule has 1 aliphatic carbocycles. The highest BCUT2D eigenvalue weighted by atomic mass is 16.1. The summed E-state index contributed by atoms with van der Waals surface area (Å²) in [6.45, 7) is 8.84. The molecule has 5 heteroatoms. The fourth-order valence-corrected chi connectivity index (χ4v) is 2.98. The maximum absolute atomic E-state index is 11.6. The summed E-state index contributed by atoms with van der Waals surface area (Å²) in [5, 5.41) is 3.44. The molecule has 1 heterocycles. The predicted molar refractivity (Wildman–Crippen MR) is 93.3 cm³/mol. The molecule has 128 valence electrons. The lowest BCUT2D eigenvalue weighted by Crippen LogP contribution is -2.27. The van der Waals surface area contributed by atoms with E-state index in [2.05, 4.69) is 43.0 Å². The van der Waals surface area contributed by atoms with Crippen molar-refractivity contribution in [1.29, 1.82) is 0 Å². The lowest BCUT2D eigenvalue weighted by atomic mass is 9.87. The van der Waals surface area contributed by atoms with Gasteiger partial charge in [-0.3, -0.25) is 4.79 Å². The average molecular weight is 318 g/mol. The maximum Gasteiger partial charge on any atom is 0.252 e. The molecule has 0 aromatic carbocycles. The standard InChI is InChI=1S/C18H30N4O/c1-11(2)13(4)9-16-15(17(19)23)10-20-18(22-16)21-14-7-5-12(3)6-8-14/h10-14H,5-9H2,1-4H3,(H2,19,23)(H,20,21,22)/t12?,13-,14?/m1/s1. The first-order chi connectivity index (χ1) is 10.9. The molecule has 1 aromatic rings. The molecule has 1 saturated carbocycles. The molecule has 1 aliphatic rings. The number of anilines is 1. The summed E-state index contributed by atoms with van der Waals surface area (Å²) in [6, 6.07) is 0.431. The Morgan fingerprint density at radius 2 is 1.96 bits per heavy atom. The molecule has 0 spiro atoms. The van der Waals surface area contributed by atoms with Crippen molar-refractivity contribution in [3.8, 4) is 0 Å². The first-order valence-electron chi connectivity index (χ1n) is 8.79. The van der Waals surface area contributed by atoms with Crippen LogP contribution in [-0.4, -0.2) is 21.9 Å². The molecule has 1 aromatic heterocycles. The van der Waals surface area contributed by atoms with Crippen molar-refractivity contribution >= 4 is 11.9 Å². The van der Waals surface area contributed by atoms with E-state index in [0.29, 0.717) is 29.4 Å². The van der Waals surface area contributed by atoms with Crippen LogP contribution < -0.4 is 11.1 Å². The van der Waals surface area contributed by atoms with E-state index in [4.69, 9.17) is 5.73 Å². The maximum atomic E-state index is 11.6. The van der Waals surface area contributed by atoms with Crippen LogP contribution >= 0.6 is 0 Å². The monoisotopic (exact) mass is 318 g/mol. The zero-order chi connectivity index (χ0) is 17.0. The number of hydrogen-bond donors (Lipinski definition) is 2. The largest absolute Gasteiger partial charge is 0.365 e. The smallest absolute Gasteiger partial charge is 0.252 e. The van der Waals surface area contributed by atoms with Gasteiger partial charge in [0.2, 0.25) is 5.95 Å². The summed E-state index contributed by atoms with van der Waals surface area (Å²) in [5.41, 5.74) is 6.69. The van der Waals surface area contributed by atoms with Gasteiger partial charge in [-0.05, 0) is 49.9 Å². The number of nitrogens with one attached hydrogen (secondary N) is 1. The number of nitrogens with two attached hydrogens (primary N) is 1. The second kappa shape index (κ2) is 7.75. The summed E-state index contributed by atoms with van der Waals surface area (Å²) in [4.78, 5) is 20.5. The first-order valence-corrected chi connectivity index (χ1v) is 8.79. The molecule has 3 N–H and O–H groups in total. The lowest BCUT2D eigenvalue weighted by Gasteiger charge is -2.27. The van der Waals surface area contributed by atoms with Crippen LogP contribution in [0.4, 0.5) is 5.95 Å². The molecule has 1 amide bonds. The molecule has 5 nitrogen and oxygen atoms in total. The van der Waals surface area contributed by atoms with Gasteiger partial charge < -0.3 is 11.1 Å². The van der Waals surface area contributed by atoms with Gasteiger partial charge in [-0.1, -0.05) is 27.7 Å². The molecule has 0 aliphatic heterocycles. The Morgan fingerprint density at radius 1 is 1.30 bits per heavy atom. The topological polar surface area (TPSA) is 80.9 Å². The van der Waals surface area contributed by atoms with Crippen molar-refractivity contribution in [3.05, 3.63) is 17.5 Å². The van der Waals surface area contributed by atoms with E-state index in [1.807, 2.05) is 0 Å². The van der Waals surface area contributed by atoms with E-state index in [1.54, 1.807) is 6.20 Å². The molecular weight excluding hydrogens is 288 g/mol. The fourth-order valence-electron chi connectivity index (χ4n) is 2.98. The van der Waals surface area contributed by atoms with Gasteiger partial charge in [0.1, 0.15) is 0 Å². The van der Waals surface area contributed by atoms with E-state index in [0.717, 1.165) is 30.9 Å². The SMILES string of the molecule is CC1CCC(Nc2ncc(C(N)=O)c(C[C@@H](C)C(C)C)n2)CC1. The van der Waals surface area contributed by atoms with E-state index in [1.165, 1.54) is 12.8 Å². The predicted octanol–water partition coefficient (Wildman–Crippen LogP) is 3.40. The minimum Gasteiger partial charge on any atom is -0.365 e. The summed E-state index contributed by atoms with van der Waals surface area (Å²) >= 11 is 0. The Bertz CT molecular complexity index is 536. The minimum atomic E-state index is -0.450. The van der Waals surface area contributed by atoms with Gasteiger partial charge >= 0.3 is 0 Å². The molecule has 0 saturated heterocycles. The quantitative estimate of drug-likeness (QED) is 0.842. The van der Waals surface area contributed by atoms with Crippen molar-refractivity contribution in [2.45, 2.75) is 65.8 Å². The molecule has 0 unspecified atom stereocenters.